The minimum absolute atomic E-state index is 0.00370. The number of ether oxygens (including phenoxy) is 1. The number of carbonyl (C=O) groups excluding carboxylic acids is 1. The van der Waals surface area contributed by atoms with E-state index in [0.29, 0.717) is 6.54 Å². The number of hydrogen-bond donors (Lipinski definition) is 3. The lowest BCUT2D eigenvalue weighted by Crippen LogP contribution is -2.45. The van der Waals surface area contributed by atoms with E-state index < -0.39 is 5.60 Å². The van der Waals surface area contributed by atoms with Crippen molar-refractivity contribution in [3.63, 3.8) is 0 Å². The molecule has 0 radical (unpaired) electrons. The van der Waals surface area contributed by atoms with Gasteiger partial charge >= 0.3 is 6.09 Å². The molecule has 0 bridgehead atoms. The van der Waals surface area contributed by atoms with Crippen LogP contribution in [0, 0.1) is 5.92 Å². The second kappa shape index (κ2) is 11.5. The van der Waals surface area contributed by atoms with Crippen molar-refractivity contribution in [1.29, 1.82) is 0 Å². The van der Waals surface area contributed by atoms with Crippen LogP contribution in [0.1, 0.15) is 46.6 Å². The molecule has 1 heterocycles. The van der Waals surface area contributed by atoms with Crippen LogP contribution in [0.15, 0.2) is 35.6 Å². The number of rotatable bonds is 8. The van der Waals surface area contributed by atoms with E-state index in [1.807, 2.05) is 40.0 Å². The summed E-state index contributed by atoms with van der Waals surface area (Å²) in [5, 5.41) is 13.2. The Bertz CT molecular complexity index is 873. The molecule has 0 aliphatic carbocycles. The summed E-state index contributed by atoms with van der Waals surface area (Å²) in [6.07, 6.45) is 1.89. The van der Waals surface area contributed by atoms with Gasteiger partial charge in [0.05, 0.1) is 0 Å². The third kappa shape index (κ3) is 8.20. The molecule has 1 amide bonds. The monoisotopic (exact) mass is 443 g/mol. The van der Waals surface area contributed by atoms with E-state index in [1.165, 1.54) is 6.33 Å². The molecule has 1 aromatic heterocycles. The molecule has 0 saturated carbocycles. The van der Waals surface area contributed by atoms with Crippen molar-refractivity contribution in [1.82, 2.24) is 30.7 Å². The Hall–Kier alpha value is -3.10. The highest BCUT2D eigenvalue weighted by atomic mass is 16.6. The summed E-state index contributed by atoms with van der Waals surface area (Å²) < 4.78 is 5.41. The summed E-state index contributed by atoms with van der Waals surface area (Å²) in [6, 6.07) is 8.12. The molecule has 2 rings (SSSR count). The van der Waals surface area contributed by atoms with Crippen molar-refractivity contribution in [2.45, 2.75) is 59.2 Å². The Morgan fingerprint density at radius 2 is 2.06 bits per heavy atom. The minimum Gasteiger partial charge on any atom is -0.444 e. The van der Waals surface area contributed by atoms with E-state index in [2.05, 4.69) is 61.7 Å². The summed E-state index contributed by atoms with van der Waals surface area (Å²) in [4.78, 5) is 22.9. The number of guanidine groups is 1. The fourth-order valence-electron chi connectivity index (χ4n) is 3.21. The van der Waals surface area contributed by atoms with E-state index in [9.17, 15) is 4.79 Å². The van der Waals surface area contributed by atoms with Gasteiger partial charge in [0.1, 0.15) is 11.9 Å². The number of amides is 1. The fraction of sp³-hybridized carbons (Fsp3) is 0.565. The first kappa shape index (κ1) is 25.2. The van der Waals surface area contributed by atoms with Gasteiger partial charge in [-0.15, -0.1) is 0 Å². The summed E-state index contributed by atoms with van der Waals surface area (Å²) in [5.41, 5.74) is 1.58. The maximum atomic E-state index is 12.2. The fourth-order valence-corrected chi connectivity index (χ4v) is 3.21. The van der Waals surface area contributed by atoms with Crippen LogP contribution < -0.4 is 10.6 Å². The van der Waals surface area contributed by atoms with Gasteiger partial charge in [-0.2, -0.15) is 5.10 Å². The van der Waals surface area contributed by atoms with E-state index >= 15 is 0 Å². The largest absolute Gasteiger partial charge is 0.444 e. The van der Waals surface area contributed by atoms with Crippen LogP contribution in [-0.4, -0.2) is 64.4 Å². The number of aliphatic imine (C=N–C) groups is 1. The minimum atomic E-state index is -0.515. The number of aromatic nitrogens is 3. The molecule has 176 valence electrons. The van der Waals surface area contributed by atoms with Gasteiger partial charge in [-0.3, -0.25) is 10.1 Å². The molecular formula is C23H37N7O2. The van der Waals surface area contributed by atoms with Crippen LogP contribution in [-0.2, 0) is 11.3 Å². The molecule has 9 nitrogen and oxygen atoms in total. The molecule has 0 aliphatic heterocycles. The second-order valence-corrected chi connectivity index (χ2v) is 9.14. The topological polar surface area (TPSA) is 108 Å². The zero-order chi connectivity index (χ0) is 23.7. The lowest BCUT2D eigenvalue weighted by molar-refractivity contribution is 0.0486. The van der Waals surface area contributed by atoms with Gasteiger partial charge in [-0.05, 0) is 44.7 Å². The lowest BCUT2D eigenvalue weighted by atomic mass is 10.0. The van der Waals surface area contributed by atoms with Gasteiger partial charge in [0, 0.05) is 38.8 Å². The molecule has 0 saturated heterocycles. The van der Waals surface area contributed by atoms with E-state index in [-0.39, 0.29) is 18.1 Å². The molecule has 1 aromatic carbocycles. The Morgan fingerprint density at radius 1 is 1.31 bits per heavy atom. The van der Waals surface area contributed by atoms with E-state index in [1.54, 1.807) is 7.05 Å². The predicted molar refractivity (Wildman–Crippen MR) is 127 cm³/mol. The zero-order valence-electron chi connectivity index (χ0n) is 20.3. The van der Waals surface area contributed by atoms with E-state index in [0.717, 1.165) is 35.9 Å². The standard InChI is InChI=1S/C23H37N7O2/c1-16(2)19(28-22(31)32-23(3,4)5)11-12-30(7)21(24-6)25-14-17-9-8-10-18(13-17)20-26-15-27-29-20/h8-10,13,15-16,19H,11-12,14H2,1-7H3,(H,24,25)(H,28,31)(H,26,27,29). The Morgan fingerprint density at radius 3 is 2.66 bits per heavy atom. The Balaban J connectivity index is 1.90. The van der Waals surface area contributed by atoms with Crippen LogP contribution in [0.25, 0.3) is 11.4 Å². The van der Waals surface area contributed by atoms with Crippen LogP contribution in [0.5, 0.6) is 0 Å². The number of carbonyl (C=O) groups is 1. The second-order valence-electron chi connectivity index (χ2n) is 9.14. The van der Waals surface area contributed by atoms with Crippen molar-refractivity contribution in [2.75, 3.05) is 20.6 Å². The molecule has 9 heteroatoms. The molecule has 1 unspecified atom stereocenters. The maximum absolute atomic E-state index is 12.2. The highest BCUT2D eigenvalue weighted by Gasteiger charge is 2.22. The number of aromatic amines is 1. The van der Waals surface area contributed by atoms with E-state index in [4.69, 9.17) is 4.74 Å². The number of nitrogens with one attached hydrogen (secondary N) is 3. The normalized spacial score (nSPS) is 13.1. The van der Waals surface area contributed by atoms with Gasteiger partial charge in [0.2, 0.25) is 0 Å². The van der Waals surface area contributed by atoms with Gasteiger partial charge in [0.25, 0.3) is 0 Å². The third-order valence-corrected chi connectivity index (χ3v) is 4.92. The SMILES string of the molecule is CN=C(NCc1cccc(-c2ncn[nH]2)c1)N(C)CCC(NC(=O)OC(C)(C)C)C(C)C. The van der Waals surface area contributed by atoms with Gasteiger partial charge < -0.3 is 20.3 Å². The van der Waals surface area contributed by atoms with Crippen molar-refractivity contribution in [3.05, 3.63) is 36.2 Å². The lowest BCUT2D eigenvalue weighted by Gasteiger charge is -2.28. The first-order valence-corrected chi connectivity index (χ1v) is 10.9. The predicted octanol–water partition coefficient (Wildman–Crippen LogP) is 3.42. The first-order chi connectivity index (χ1) is 15.1. The van der Waals surface area contributed by atoms with Crippen molar-refractivity contribution < 1.29 is 9.53 Å². The number of benzene rings is 1. The molecular weight excluding hydrogens is 406 g/mol. The van der Waals surface area contributed by atoms with Crippen molar-refractivity contribution in [3.8, 4) is 11.4 Å². The number of hydrogen-bond acceptors (Lipinski definition) is 5. The van der Waals surface area contributed by atoms with Gasteiger partial charge in [-0.25, -0.2) is 9.78 Å². The Labute approximate surface area is 191 Å². The molecule has 2 aromatic rings. The molecule has 0 spiro atoms. The average Bonchev–Trinajstić information content (AvgIpc) is 3.25. The smallest absolute Gasteiger partial charge is 0.407 e. The highest BCUT2D eigenvalue weighted by molar-refractivity contribution is 5.79. The van der Waals surface area contributed by atoms with Crippen molar-refractivity contribution >= 4 is 12.1 Å². The average molecular weight is 444 g/mol. The van der Waals surface area contributed by atoms with Crippen molar-refractivity contribution in [2.24, 2.45) is 10.9 Å². The highest BCUT2D eigenvalue weighted by Crippen LogP contribution is 2.15. The summed E-state index contributed by atoms with van der Waals surface area (Å²) in [6.45, 7) is 11.1. The summed E-state index contributed by atoms with van der Waals surface area (Å²) in [5.74, 6) is 1.81. The molecule has 0 fully saturated rings. The zero-order valence-corrected chi connectivity index (χ0v) is 20.3. The first-order valence-electron chi connectivity index (χ1n) is 10.9. The third-order valence-electron chi connectivity index (χ3n) is 4.92. The van der Waals surface area contributed by atoms with Crippen LogP contribution in [0.3, 0.4) is 0 Å². The number of alkyl carbamates (subject to hydrolysis) is 1. The summed E-state index contributed by atoms with van der Waals surface area (Å²) in [7, 11) is 3.76. The quantitative estimate of drug-likeness (QED) is 0.426. The molecule has 1 atom stereocenters. The molecule has 32 heavy (non-hydrogen) atoms. The molecule has 0 aliphatic rings. The Kier molecular flexibility index (Phi) is 9.04. The number of nitrogens with zero attached hydrogens (tertiary/aromatic N) is 4. The van der Waals surface area contributed by atoms with Crippen LogP contribution in [0.4, 0.5) is 4.79 Å². The summed E-state index contributed by atoms with van der Waals surface area (Å²) >= 11 is 0. The van der Waals surface area contributed by atoms with Gasteiger partial charge in [-0.1, -0.05) is 32.0 Å². The maximum Gasteiger partial charge on any atom is 0.407 e. The number of H-pyrrole nitrogens is 1. The van der Waals surface area contributed by atoms with Crippen LogP contribution in [0.2, 0.25) is 0 Å². The van der Waals surface area contributed by atoms with Crippen LogP contribution >= 0.6 is 0 Å². The molecule has 3 N–H and O–H groups in total. The van der Waals surface area contributed by atoms with Gasteiger partial charge in [0.15, 0.2) is 11.8 Å².